The minimum Gasteiger partial charge on any atom is -0.462 e. The maximum absolute atomic E-state index is 11.5. The maximum Gasteiger partial charge on any atom is 0.338 e. The lowest BCUT2D eigenvalue weighted by Crippen LogP contribution is -2.04. The van der Waals surface area contributed by atoms with Gasteiger partial charge in [-0.05, 0) is 25.1 Å². The number of aromatic nitrogens is 1. The molecule has 0 amide bonds. The number of nitrogen functional groups attached to an aromatic ring is 1. The summed E-state index contributed by atoms with van der Waals surface area (Å²) in [5.41, 5.74) is 5.95. The number of anilines is 1. The van der Waals surface area contributed by atoms with Crippen molar-refractivity contribution in [3.63, 3.8) is 0 Å². The first-order valence-corrected chi connectivity index (χ1v) is 6.17. The van der Waals surface area contributed by atoms with Crippen LogP contribution in [0.4, 0.5) is 5.13 Å². The molecule has 0 aliphatic rings. The Morgan fingerprint density at radius 3 is 3.00 bits per heavy atom. The lowest BCUT2D eigenvalue weighted by molar-refractivity contribution is 0.0526. The van der Waals surface area contributed by atoms with Crippen molar-refractivity contribution >= 4 is 22.4 Å². The van der Waals surface area contributed by atoms with Gasteiger partial charge in [0.05, 0.1) is 18.4 Å². The molecule has 2 aromatic rings. The van der Waals surface area contributed by atoms with Gasteiger partial charge in [0.25, 0.3) is 0 Å². The predicted molar refractivity (Wildman–Crippen MR) is 69.0 cm³/mol. The van der Waals surface area contributed by atoms with Gasteiger partial charge in [0.1, 0.15) is 5.75 Å². The van der Waals surface area contributed by atoms with Crippen LogP contribution in [0.3, 0.4) is 0 Å². The average molecular weight is 264 g/mol. The van der Waals surface area contributed by atoms with E-state index in [4.69, 9.17) is 15.2 Å². The molecule has 0 atom stereocenters. The Morgan fingerprint density at radius 2 is 2.33 bits per heavy atom. The van der Waals surface area contributed by atoms with Crippen LogP contribution in [0.25, 0.3) is 0 Å². The van der Waals surface area contributed by atoms with Gasteiger partial charge >= 0.3 is 5.97 Å². The summed E-state index contributed by atoms with van der Waals surface area (Å²) in [5, 5.41) is 1.01. The van der Waals surface area contributed by atoms with Crippen LogP contribution in [0.15, 0.2) is 30.5 Å². The van der Waals surface area contributed by atoms with Crippen LogP contribution < -0.4 is 10.5 Å². The fourth-order valence-corrected chi connectivity index (χ4v) is 1.89. The molecule has 18 heavy (non-hydrogen) atoms. The van der Waals surface area contributed by atoms with E-state index in [9.17, 15) is 4.79 Å². The molecule has 5 nitrogen and oxygen atoms in total. The normalized spacial score (nSPS) is 10.1. The van der Waals surface area contributed by atoms with Crippen molar-refractivity contribution in [3.05, 3.63) is 36.0 Å². The van der Waals surface area contributed by atoms with Gasteiger partial charge < -0.3 is 15.2 Å². The fraction of sp³-hybridized carbons (Fsp3) is 0.167. The fourth-order valence-electron chi connectivity index (χ4n) is 1.34. The highest BCUT2D eigenvalue weighted by atomic mass is 32.1. The molecule has 2 rings (SSSR count). The van der Waals surface area contributed by atoms with Gasteiger partial charge in [0.2, 0.25) is 5.06 Å². The van der Waals surface area contributed by atoms with E-state index in [1.807, 2.05) is 0 Å². The highest BCUT2D eigenvalue weighted by Gasteiger charge is 2.08. The number of nitrogens with two attached hydrogens (primary N) is 1. The van der Waals surface area contributed by atoms with E-state index in [0.29, 0.717) is 28.1 Å². The van der Waals surface area contributed by atoms with E-state index < -0.39 is 0 Å². The van der Waals surface area contributed by atoms with E-state index in [1.165, 1.54) is 17.5 Å². The SMILES string of the molecule is CCOC(=O)c1cccc(Oc2cnc(N)s2)c1. The number of rotatable bonds is 4. The van der Waals surface area contributed by atoms with Gasteiger partial charge in [-0.25, -0.2) is 9.78 Å². The standard InChI is InChI=1S/C12H12N2O3S/c1-2-16-11(15)8-4-3-5-9(6-8)17-10-7-14-12(13)18-10/h3-7H,2H2,1H3,(H2,13,14). The second-order valence-corrected chi connectivity index (χ2v) is 4.39. The van der Waals surface area contributed by atoms with Crippen molar-refractivity contribution in [1.82, 2.24) is 4.98 Å². The van der Waals surface area contributed by atoms with Gasteiger partial charge in [0.15, 0.2) is 5.13 Å². The smallest absolute Gasteiger partial charge is 0.338 e. The van der Waals surface area contributed by atoms with E-state index in [-0.39, 0.29) is 5.97 Å². The number of carbonyl (C=O) groups is 1. The Balaban J connectivity index is 2.14. The van der Waals surface area contributed by atoms with Crippen LogP contribution in [-0.4, -0.2) is 17.6 Å². The minimum absolute atomic E-state index is 0.343. The molecule has 0 unspecified atom stereocenters. The van der Waals surface area contributed by atoms with Crippen molar-refractivity contribution in [2.24, 2.45) is 0 Å². The van der Waals surface area contributed by atoms with E-state index in [2.05, 4.69) is 4.98 Å². The Morgan fingerprint density at radius 1 is 1.50 bits per heavy atom. The molecule has 1 aromatic carbocycles. The molecule has 0 spiro atoms. The molecule has 0 bridgehead atoms. The van der Waals surface area contributed by atoms with E-state index in [0.717, 1.165) is 0 Å². The average Bonchev–Trinajstić information content (AvgIpc) is 2.75. The van der Waals surface area contributed by atoms with Gasteiger partial charge in [-0.15, -0.1) is 0 Å². The number of esters is 1. The Bertz CT molecular complexity index is 554. The number of hydrogen-bond donors (Lipinski definition) is 1. The van der Waals surface area contributed by atoms with Crippen LogP contribution in [0.5, 0.6) is 10.8 Å². The lowest BCUT2D eigenvalue weighted by Gasteiger charge is -2.05. The third-order valence-electron chi connectivity index (χ3n) is 2.07. The summed E-state index contributed by atoms with van der Waals surface area (Å²) in [7, 11) is 0. The number of hydrogen-bond acceptors (Lipinski definition) is 6. The summed E-state index contributed by atoms with van der Waals surface area (Å²) in [4.78, 5) is 15.4. The van der Waals surface area contributed by atoms with Gasteiger partial charge in [-0.2, -0.15) is 0 Å². The maximum atomic E-state index is 11.5. The van der Waals surface area contributed by atoms with Crippen LogP contribution in [0, 0.1) is 0 Å². The minimum atomic E-state index is -0.369. The summed E-state index contributed by atoms with van der Waals surface area (Å²) in [6.45, 7) is 2.10. The number of thiazole rings is 1. The van der Waals surface area contributed by atoms with Crippen molar-refractivity contribution in [2.75, 3.05) is 12.3 Å². The monoisotopic (exact) mass is 264 g/mol. The summed E-state index contributed by atoms with van der Waals surface area (Å²) in [5.74, 6) is 0.177. The number of ether oxygens (including phenoxy) is 2. The third-order valence-corrected chi connectivity index (χ3v) is 2.77. The molecule has 94 valence electrons. The van der Waals surface area contributed by atoms with Crippen LogP contribution >= 0.6 is 11.3 Å². The van der Waals surface area contributed by atoms with Crippen molar-refractivity contribution in [2.45, 2.75) is 6.92 Å². The Labute approximate surface area is 108 Å². The molecule has 2 N–H and O–H groups in total. The van der Waals surface area contributed by atoms with Gasteiger partial charge in [-0.1, -0.05) is 17.4 Å². The molecular weight excluding hydrogens is 252 g/mol. The first-order valence-electron chi connectivity index (χ1n) is 5.35. The van der Waals surface area contributed by atoms with E-state index >= 15 is 0 Å². The summed E-state index contributed by atoms with van der Waals surface area (Å²) in [6, 6.07) is 6.77. The molecule has 0 aliphatic carbocycles. The second kappa shape index (κ2) is 5.50. The molecule has 6 heteroatoms. The first-order chi connectivity index (χ1) is 8.69. The molecule has 0 aliphatic heterocycles. The number of benzene rings is 1. The quantitative estimate of drug-likeness (QED) is 0.859. The second-order valence-electron chi connectivity index (χ2n) is 3.37. The topological polar surface area (TPSA) is 74.4 Å². The number of nitrogens with zero attached hydrogens (tertiary/aromatic N) is 1. The Hall–Kier alpha value is -2.08. The van der Waals surface area contributed by atoms with Crippen molar-refractivity contribution < 1.29 is 14.3 Å². The summed E-state index contributed by atoms with van der Waals surface area (Å²) in [6.07, 6.45) is 1.54. The lowest BCUT2D eigenvalue weighted by atomic mass is 10.2. The van der Waals surface area contributed by atoms with Crippen molar-refractivity contribution in [3.8, 4) is 10.8 Å². The van der Waals surface area contributed by atoms with Gasteiger partial charge in [0, 0.05) is 0 Å². The number of carbonyl (C=O) groups excluding carboxylic acids is 1. The zero-order valence-corrected chi connectivity index (χ0v) is 10.6. The van der Waals surface area contributed by atoms with Crippen LogP contribution in [0.2, 0.25) is 0 Å². The summed E-state index contributed by atoms with van der Waals surface area (Å²) >= 11 is 1.24. The largest absolute Gasteiger partial charge is 0.462 e. The van der Waals surface area contributed by atoms with Gasteiger partial charge in [-0.3, -0.25) is 0 Å². The van der Waals surface area contributed by atoms with E-state index in [1.54, 1.807) is 31.2 Å². The predicted octanol–water partition coefficient (Wildman–Crippen LogP) is 2.69. The molecule has 0 fully saturated rings. The highest BCUT2D eigenvalue weighted by molar-refractivity contribution is 7.17. The molecule has 1 heterocycles. The van der Waals surface area contributed by atoms with Crippen LogP contribution in [-0.2, 0) is 4.74 Å². The molecule has 0 saturated heterocycles. The molecular formula is C12H12N2O3S. The highest BCUT2D eigenvalue weighted by Crippen LogP contribution is 2.28. The van der Waals surface area contributed by atoms with Crippen LogP contribution in [0.1, 0.15) is 17.3 Å². The third kappa shape index (κ3) is 2.98. The van der Waals surface area contributed by atoms with Crippen molar-refractivity contribution in [1.29, 1.82) is 0 Å². The molecule has 0 radical (unpaired) electrons. The summed E-state index contributed by atoms with van der Waals surface area (Å²) < 4.78 is 10.4. The Kier molecular flexibility index (Phi) is 3.78. The first kappa shape index (κ1) is 12.4. The zero-order chi connectivity index (χ0) is 13.0. The molecule has 0 saturated carbocycles. The molecule has 1 aromatic heterocycles. The zero-order valence-electron chi connectivity index (χ0n) is 9.75.